The third kappa shape index (κ3) is 6.82. The summed E-state index contributed by atoms with van der Waals surface area (Å²) >= 11 is 3.51. The zero-order chi connectivity index (χ0) is 22.1. The molecule has 160 valence electrons. The van der Waals surface area contributed by atoms with Crippen molar-refractivity contribution in [3.8, 4) is 5.75 Å². The van der Waals surface area contributed by atoms with E-state index in [1.54, 1.807) is 25.6 Å². The maximum Gasteiger partial charge on any atom is 0.414 e. The van der Waals surface area contributed by atoms with Gasteiger partial charge in [0.05, 0.1) is 12.7 Å². The van der Waals surface area contributed by atoms with Crippen LogP contribution in [0.5, 0.6) is 5.75 Å². The van der Waals surface area contributed by atoms with Crippen LogP contribution in [0.25, 0.3) is 0 Å². The fourth-order valence-electron chi connectivity index (χ4n) is 2.89. The summed E-state index contributed by atoms with van der Waals surface area (Å²) in [5.41, 5.74) is 1.80. The van der Waals surface area contributed by atoms with Gasteiger partial charge in [0.2, 0.25) is 0 Å². The summed E-state index contributed by atoms with van der Waals surface area (Å²) in [7, 11) is 1.69. The lowest BCUT2D eigenvalue weighted by Gasteiger charge is -2.35. The van der Waals surface area contributed by atoms with Crippen LogP contribution in [0, 0.1) is 0 Å². The van der Waals surface area contributed by atoms with Gasteiger partial charge in [-0.2, -0.15) is 0 Å². The highest BCUT2D eigenvalue weighted by Crippen LogP contribution is 2.24. The van der Waals surface area contributed by atoms with Crippen molar-refractivity contribution in [3.05, 3.63) is 58.3 Å². The van der Waals surface area contributed by atoms with Crippen LogP contribution in [0.2, 0.25) is 0 Å². The number of hydrogen-bond acceptors (Lipinski definition) is 6. The second-order valence-electron chi connectivity index (χ2n) is 6.38. The molecule has 0 aliphatic carbocycles. The molecule has 1 aromatic heterocycles. The summed E-state index contributed by atoms with van der Waals surface area (Å²) in [5, 5.41) is 14.8. The van der Waals surface area contributed by atoms with Gasteiger partial charge in [-0.1, -0.05) is 15.9 Å². The lowest BCUT2D eigenvalue weighted by Crippen LogP contribution is -2.48. The third-order valence-corrected chi connectivity index (χ3v) is 4.88. The summed E-state index contributed by atoms with van der Waals surface area (Å²) in [6, 6.07) is 9.65. The smallest absolute Gasteiger partial charge is 0.414 e. The maximum absolute atomic E-state index is 12.5. The van der Waals surface area contributed by atoms with Gasteiger partial charge in [0.25, 0.3) is 5.91 Å². The number of carbonyl (C=O) groups is 3. The second-order valence-corrected chi connectivity index (χ2v) is 7.29. The Labute approximate surface area is 182 Å². The number of carboxylic acid groups (broad SMARTS) is 2. The summed E-state index contributed by atoms with van der Waals surface area (Å²) in [5.74, 6) is -2.69. The Kier molecular flexibility index (Phi) is 8.75. The number of hydrogen-bond donors (Lipinski definition) is 2. The minimum absolute atomic E-state index is 0.0581. The zero-order valence-corrected chi connectivity index (χ0v) is 17.9. The van der Waals surface area contributed by atoms with Gasteiger partial charge in [0.1, 0.15) is 5.75 Å². The highest BCUT2D eigenvalue weighted by atomic mass is 79.9. The molecule has 1 aromatic carbocycles. The molecule has 2 heterocycles. The largest absolute Gasteiger partial charge is 0.496 e. The number of aliphatic carboxylic acids is 2. The van der Waals surface area contributed by atoms with Crippen LogP contribution in [-0.2, 0) is 16.1 Å². The minimum atomic E-state index is -1.82. The predicted molar refractivity (Wildman–Crippen MR) is 111 cm³/mol. The number of aromatic nitrogens is 1. The molecule has 1 saturated heterocycles. The monoisotopic (exact) mass is 479 g/mol. The number of pyridine rings is 1. The quantitative estimate of drug-likeness (QED) is 0.638. The highest BCUT2D eigenvalue weighted by Gasteiger charge is 2.22. The molecule has 0 bridgehead atoms. The molecule has 0 saturated carbocycles. The Hall–Kier alpha value is -2.98. The van der Waals surface area contributed by atoms with E-state index in [9.17, 15) is 4.79 Å². The van der Waals surface area contributed by atoms with Crippen molar-refractivity contribution in [1.82, 2.24) is 14.8 Å². The predicted octanol–water partition coefficient (Wildman–Crippen LogP) is 1.97. The number of methoxy groups -OCH3 is 1. The van der Waals surface area contributed by atoms with E-state index in [0.29, 0.717) is 5.56 Å². The molecule has 0 unspecified atom stereocenters. The lowest BCUT2D eigenvalue weighted by atomic mass is 10.1. The van der Waals surface area contributed by atoms with Crippen molar-refractivity contribution in [3.63, 3.8) is 0 Å². The van der Waals surface area contributed by atoms with Crippen LogP contribution in [-0.4, -0.2) is 76.1 Å². The number of benzene rings is 1. The summed E-state index contributed by atoms with van der Waals surface area (Å²) in [6.45, 7) is 3.97. The molecule has 2 N–H and O–H groups in total. The van der Waals surface area contributed by atoms with Gasteiger partial charge in [-0.15, -0.1) is 0 Å². The number of halogens is 1. The number of rotatable bonds is 4. The first-order valence-electron chi connectivity index (χ1n) is 9.02. The first-order chi connectivity index (χ1) is 14.3. The number of carboxylic acids is 2. The molecule has 10 heteroatoms. The number of carbonyl (C=O) groups excluding carboxylic acids is 1. The molecule has 1 amide bonds. The van der Waals surface area contributed by atoms with Gasteiger partial charge in [0.15, 0.2) is 0 Å². The topological polar surface area (TPSA) is 120 Å². The molecule has 0 atom stereocenters. The van der Waals surface area contributed by atoms with E-state index in [-0.39, 0.29) is 5.91 Å². The van der Waals surface area contributed by atoms with E-state index in [2.05, 4.69) is 31.9 Å². The van der Waals surface area contributed by atoms with Crippen LogP contribution in [0.1, 0.15) is 15.9 Å². The third-order valence-electron chi connectivity index (χ3n) is 4.39. The molecule has 3 rings (SSSR count). The standard InChI is InChI=1S/C18H20BrN3O2.C2H2O4/c1-24-17-5-4-16(19)11-15(17)13-21-7-9-22(10-8-21)18(23)14-3-2-6-20-12-14;3-1(4)2(5)6/h2-6,11-12H,7-10,13H2,1H3;(H,3,4)(H,5,6). The normalized spacial score (nSPS) is 13.7. The van der Waals surface area contributed by atoms with Crippen LogP contribution in [0.3, 0.4) is 0 Å². The van der Waals surface area contributed by atoms with Gasteiger partial charge in [-0.25, -0.2) is 9.59 Å². The van der Waals surface area contributed by atoms with Crippen LogP contribution in [0.15, 0.2) is 47.2 Å². The Morgan fingerprint density at radius 3 is 2.30 bits per heavy atom. The van der Waals surface area contributed by atoms with E-state index in [4.69, 9.17) is 24.5 Å². The number of ether oxygens (including phenoxy) is 1. The van der Waals surface area contributed by atoms with Gasteiger partial charge < -0.3 is 19.8 Å². The van der Waals surface area contributed by atoms with Crippen molar-refractivity contribution in [2.24, 2.45) is 0 Å². The minimum Gasteiger partial charge on any atom is -0.496 e. The van der Waals surface area contributed by atoms with Gasteiger partial charge in [-0.05, 0) is 30.3 Å². The molecule has 9 nitrogen and oxygen atoms in total. The zero-order valence-electron chi connectivity index (χ0n) is 16.3. The van der Waals surface area contributed by atoms with Crippen molar-refractivity contribution in [2.75, 3.05) is 33.3 Å². The maximum atomic E-state index is 12.5. The summed E-state index contributed by atoms with van der Waals surface area (Å²) in [4.78, 5) is 38.9. The Morgan fingerprint density at radius 2 is 1.77 bits per heavy atom. The van der Waals surface area contributed by atoms with E-state index < -0.39 is 11.9 Å². The molecule has 1 aliphatic heterocycles. The molecule has 0 radical (unpaired) electrons. The second kappa shape index (κ2) is 11.3. The molecule has 0 spiro atoms. The fourth-order valence-corrected chi connectivity index (χ4v) is 3.30. The molecule has 1 aliphatic rings. The summed E-state index contributed by atoms with van der Waals surface area (Å²) in [6.07, 6.45) is 3.31. The van der Waals surface area contributed by atoms with Crippen molar-refractivity contribution < 1.29 is 29.3 Å². The van der Waals surface area contributed by atoms with E-state index in [1.165, 1.54) is 0 Å². The Bertz CT molecular complexity index is 873. The van der Waals surface area contributed by atoms with Crippen LogP contribution >= 0.6 is 15.9 Å². The first kappa shape index (κ1) is 23.3. The summed E-state index contributed by atoms with van der Waals surface area (Å²) < 4.78 is 6.49. The Balaban J connectivity index is 0.000000469. The average molecular weight is 480 g/mol. The number of amides is 1. The van der Waals surface area contributed by atoms with Crippen LogP contribution in [0.4, 0.5) is 0 Å². The van der Waals surface area contributed by atoms with E-state index in [1.807, 2.05) is 23.1 Å². The molecular formula is C20H22BrN3O6. The fraction of sp³-hybridized carbons (Fsp3) is 0.300. The molecule has 1 fully saturated rings. The molecule has 2 aromatic rings. The highest BCUT2D eigenvalue weighted by molar-refractivity contribution is 9.10. The van der Waals surface area contributed by atoms with Crippen molar-refractivity contribution in [1.29, 1.82) is 0 Å². The van der Waals surface area contributed by atoms with E-state index in [0.717, 1.165) is 48.5 Å². The van der Waals surface area contributed by atoms with Crippen molar-refractivity contribution in [2.45, 2.75) is 6.54 Å². The average Bonchev–Trinajstić information content (AvgIpc) is 2.75. The SMILES string of the molecule is COc1ccc(Br)cc1CN1CCN(C(=O)c2cccnc2)CC1.O=C(O)C(=O)O. The van der Waals surface area contributed by atoms with Crippen molar-refractivity contribution >= 4 is 33.8 Å². The number of nitrogens with zero attached hydrogens (tertiary/aromatic N) is 3. The number of piperazine rings is 1. The Morgan fingerprint density at radius 1 is 1.10 bits per heavy atom. The van der Waals surface area contributed by atoms with Gasteiger partial charge >= 0.3 is 11.9 Å². The van der Waals surface area contributed by atoms with Gasteiger partial charge in [-0.3, -0.25) is 14.7 Å². The van der Waals surface area contributed by atoms with Crippen LogP contribution < -0.4 is 4.74 Å². The molecular weight excluding hydrogens is 458 g/mol. The van der Waals surface area contributed by atoms with E-state index >= 15 is 0 Å². The van der Waals surface area contributed by atoms with Gasteiger partial charge in [0, 0.05) is 55.2 Å². The molecule has 30 heavy (non-hydrogen) atoms. The first-order valence-corrected chi connectivity index (χ1v) is 9.81. The lowest BCUT2D eigenvalue weighted by molar-refractivity contribution is -0.159.